The van der Waals surface area contributed by atoms with Crippen LogP contribution in [0.15, 0.2) is 40.4 Å². The zero-order chi connectivity index (χ0) is 15.2. The van der Waals surface area contributed by atoms with Gasteiger partial charge in [0.15, 0.2) is 0 Å². The number of nitrogens with two attached hydrogens (primary N) is 2. The van der Waals surface area contributed by atoms with Crippen molar-refractivity contribution in [3.63, 3.8) is 0 Å². The maximum Gasteiger partial charge on any atom is 0.207 e. The Morgan fingerprint density at radius 1 is 1.38 bits per heavy atom. The van der Waals surface area contributed by atoms with Gasteiger partial charge >= 0.3 is 0 Å². The number of hydrogen-bond donors (Lipinski definition) is 3. The zero-order valence-electron chi connectivity index (χ0n) is 11.2. The molecule has 0 fully saturated rings. The molecule has 7 heteroatoms. The fourth-order valence-electron chi connectivity index (χ4n) is 1.82. The van der Waals surface area contributed by atoms with E-state index in [1.165, 1.54) is 11.8 Å². The summed E-state index contributed by atoms with van der Waals surface area (Å²) in [5, 5.41) is 3.95. The topological polar surface area (TPSA) is 94.0 Å². The molecule has 21 heavy (non-hydrogen) atoms. The first-order valence-electron chi connectivity index (χ1n) is 6.23. The first-order valence-corrected chi connectivity index (χ1v) is 7.42. The molecule has 0 spiro atoms. The Balaban J connectivity index is 2.42. The molecule has 0 aliphatic carbocycles. The standard InChI is InChI=1S/C14H15ClN4OS/c15-11-3-4-12(17)10(7-18-8-20)13(11)21-14-9(6-16)2-1-5-19-14/h1-5,8H,6-7,16-17H2,(H,18,20). The van der Waals surface area contributed by atoms with Gasteiger partial charge in [-0.05, 0) is 23.8 Å². The third kappa shape index (κ3) is 3.66. The SMILES string of the molecule is NCc1cccnc1Sc1c(Cl)ccc(N)c1CNC=O. The second-order valence-corrected chi connectivity index (χ2v) is 5.62. The minimum absolute atomic E-state index is 0.309. The fourth-order valence-corrected chi connectivity index (χ4v) is 3.18. The molecule has 1 aromatic heterocycles. The lowest BCUT2D eigenvalue weighted by Crippen LogP contribution is -2.12. The van der Waals surface area contributed by atoms with Crippen molar-refractivity contribution in [2.45, 2.75) is 23.0 Å². The van der Waals surface area contributed by atoms with E-state index in [1.54, 1.807) is 18.3 Å². The van der Waals surface area contributed by atoms with Crippen molar-refractivity contribution < 1.29 is 4.79 Å². The van der Waals surface area contributed by atoms with E-state index in [0.717, 1.165) is 21.0 Å². The van der Waals surface area contributed by atoms with Gasteiger partial charge in [-0.25, -0.2) is 4.98 Å². The molecule has 0 unspecified atom stereocenters. The third-order valence-corrected chi connectivity index (χ3v) is 4.54. The van der Waals surface area contributed by atoms with E-state index < -0.39 is 0 Å². The Morgan fingerprint density at radius 2 is 2.19 bits per heavy atom. The molecule has 0 bridgehead atoms. The number of benzene rings is 1. The first kappa shape index (κ1) is 15.6. The number of hydrogen-bond acceptors (Lipinski definition) is 5. The maximum atomic E-state index is 10.5. The molecule has 0 saturated heterocycles. The largest absolute Gasteiger partial charge is 0.398 e. The van der Waals surface area contributed by atoms with Gasteiger partial charge in [0.05, 0.1) is 5.02 Å². The maximum absolute atomic E-state index is 10.5. The Labute approximate surface area is 132 Å². The lowest BCUT2D eigenvalue weighted by atomic mass is 10.2. The molecular weight excluding hydrogens is 308 g/mol. The van der Waals surface area contributed by atoms with Gasteiger partial charge in [-0.2, -0.15) is 0 Å². The minimum atomic E-state index is 0.309. The number of carbonyl (C=O) groups is 1. The summed E-state index contributed by atoms with van der Waals surface area (Å²) in [6.45, 7) is 0.695. The second-order valence-electron chi connectivity index (χ2n) is 4.22. The van der Waals surface area contributed by atoms with E-state index >= 15 is 0 Å². The molecule has 110 valence electrons. The summed E-state index contributed by atoms with van der Waals surface area (Å²) < 4.78 is 0. The van der Waals surface area contributed by atoms with Crippen LogP contribution >= 0.6 is 23.4 Å². The molecule has 0 aliphatic rings. The van der Waals surface area contributed by atoms with Crippen molar-refractivity contribution in [2.24, 2.45) is 5.73 Å². The predicted molar refractivity (Wildman–Crippen MR) is 85.0 cm³/mol. The molecule has 2 rings (SSSR count). The number of nitrogen functional groups attached to an aromatic ring is 1. The summed E-state index contributed by atoms with van der Waals surface area (Å²) in [6.07, 6.45) is 2.33. The number of amides is 1. The summed E-state index contributed by atoms with van der Waals surface area (Å²) in [4.78, 5) is 15.6. The van der Waals surface area contributed by atoms with Gasteiger partial charge in [0.25, 0.3) is 0 Å². The normalized spacial score (nSPS) is 10.4. The quantitative estimate of drug-likeness (QED) is 0.560. The number of carbonyl (C=O) groups excluding carboxylic acids is 1. The van der Waals surface area contributed by atoms with Gasteiger partial charge in [0.1, 0.15) is 5.03 Å². The average Bonchev–Trinajstić information content (AvgIpc) is 2.51. The smallest absolute Gasteiger partial charge is 0.207 e. The highest BCUT2D eigenvalue weighted by Gasteiger charge is 2.14. The Hall–Kier alpha value is -1.76. The molecular formula is C14H15ClN4OS. The number of rotatable bonds is 6. The van der Waals surface area contributed by atoms with Crippen LogP contribution in [-0.2, 0) is 17.9 Å². The van der Waals surface area contributed by atoms with Crippen molar-refractivity contribution in [3.8, 4) is 0 Å². The van der Waals surface area contributed by atoms with E-state index in [4.69, 9.17) is 23.1 Å². The van der Waals surface area contributed by atoms with Crippen molar-refractivity contribution in [1.82, 2.24) is 10.3 Å². The van der Waals surface area contributed by atoms with Crippen LogP contribution in [0.25, 0.3) is 0 Å². The van der Waals surface area contributed by atoms with Gasteiger partial charge in [0.2, 0.25) is 6.41 Å². The van der Waals surface area contributed by atoms with Gasteiger partial charge in [-0.1, -0.05) is 29.4 Å². The molecule has 5 nitrogen and oxygen atoms in total. The fraction of sp³-hybridized carbons (Fsp3) is 0.143. The molecule has 1 aromatic carbocycles. The molecule has 5 N–H and O–H groups in total. The highest BCUT2D eigenvalue weighted by Crippen LogP contribution is 2.38. The van der Waals surface area contributed by atoms with E-state index in [2.05, 4.69) is 10.3 Å². The summed E-state index contributed by atoms with van der Waals surface area (Å²) in [5.74, 6) is 0. The molecule has 0 aliphatic heterocycles. The Bertz CT molecular complexity index is 651. The third-order valence-electron chi connectivity index (χ3n) is 2.88. The highest BCUT2D eigenvalue weighted by atomic mass is 35.5. The van der Waals surface area contributed by atoms with Crippen LogP contribution < -0.4 is 16.8 Å². The van der Waals surface area contributed by atoms with Crippen LogP contribution in [0.1, 0.15) is 11.1 Å². The Kier molecular flexibility index (Phi) is 5.44. The lowest BCUT2D eigenvalue weighted by molar-refractivity contribution is -0.109. The number of nitrogens with zero attached hydrogens (tertiary/aromatic N) is 1. The molecule has 0 atom stereocenters. The van der Waals surface area contributed by atoms with E-state index in [9.17, 15) is 4.79 Å². The van der Waals surface area contributed by atoms with Crippen molar-refractivity contribution in [3.05, 3.63) is 46.6 Å². The molecule has 1 heterocycles. The Morgan fingerprint density at radius 3 is 2.90 bits per heavy atom. The van der Waals surface area contributed by atoms with E-state index in [1.807, 2.05) is 12.1 Å². The van der Waals surface area contributed by atoms with Crippen LogP contribution in [0.4, 0.5) is 5.69 Å². The number of aromatic nitrogens is 1. The summed E-state index contributed by atoms with van der Waals surface area (Å²) in [7, 11) is 0. The number of pyridine rings is 1. The van der Waals surface area contributed by atoms with Gasteiger partial charge in [-0.3, -0.25) is 4.79 Å². The minimum Gasteiger partial charge on any atom is -0.398 e. The highest BCUT2D eigenvalue weighted by molar-refractivity contribution is 7.99. The zero-order valence-corrected chi connectivity index (χ0v) is 12.7. The van der Waals surface area contributed by atoms with E-state index in [0.29, 0.717) is 30.2 Å². The first-order chi connectivity index (χ1) is 10.2. The van der Waals surface area contributed by atoms with Crippen molar-refractivity contribution in [1.29, 1.82) is 0 Å². The second kappa shape index (κ2) is 7.31. The van der Waals surface area contributed by atoms with Crippen LogP contribution in [0.3, 0.4) is 0 Å². The van der Waals surface area contributed by atoms with Crippen LogP contribution in [0.5, 0.6) is 0 Å². The number of nitrogens with one attached hydrogen (secondary N) is 1. The van der Waals surface area contributed by atoms with Crippen LogP contribution in [0.2, 0.25) is 5.02 Å². The monoisotopic (exact) mass is 322 g/mol. The summed E-state index contributed by atoms with van der Waals surface area (Å²) in [5.41, 5.74) is 14.0. The predicted octanol–water partition coefficient (Wildman–Crippen LogP) is 2.17. The molecule has 0 saturated carbocycles. The van der Waals surface area contributed by atoms with Crippen LogP contribution in [-0.4, -0.2) is 11.4 Å². The molecule has 1 amide bonds. The van der Waals surface area contributed by atoms with Gasteiger partial charge < -0.3 is 16.8 Å². The summed E-state index contributed by atoms with van der Waals surface area (Å²) >= 11 is 7.67. The number of halogens is 1. The molecule has 0 radical (unpaired) electrons. The summed E-state index contributed by atoms with van der Waals surface area (Å²) in [6, 6.07) is 7.20. The van der Waals surface area contributed by atoms with Gasteiger partial charge in [0, 0.05) is 35.4 Å². The average molecular weight is 323 g/mol. The van der Waals surface area contributed by atoms with Gasteiger partial charge in [-0.15, -0.1) is 0 Å². The lowest BCUT2D eigenvalue weighted by Gasteiger charge is -2.14. The van der Waals surface area contributed by atoms with Crippen molar-refractivity contribution in [2.75, 3.05) is 5.73 Å². The number of anilines is 1. The van der Waals surface area contributed by atoms with Crippen molar-refractivity contribution >= 4 is 35.5 Å². The van der Waals surface area contributed by atoms with E-state index in [-0.39, 0.29) is 0 Å². The van der Waals surface area contributed by atoms with Crippen LogP contribution in [0, 0.1) is 0 Å². The molecule has 2 aromatic rings.